The SMILES string of the molecule is CCCCCCN(CCN(Cc1ncc[nH]1)Cc1ncc[nH]1)Cc1ncc[nH]1. The molecule has 3 aromatic heterocycles. The normalized spacial score (nSPS) is 11.7. The second kappa shape index (κ2) is 11.4. The molecule has 0 radical (unpaired) electrons. The third-order valence-electron chi connectivity index (χ3n) is 4.85. The van der Waals surface area contributed by atoms with Gasteiger partial charge in [0, 0.05) is 50.3 Å². The fraction of sp³-hybridized carbons (Fsp3) is 0.550. The highest BCUT2D eigenvalue weighted by molar-refractivity contribution is 4.91. The maximum absolute atomic E-state index is 4.41. The first-order valence-corrected chi connectivity index (χ1v) is 10.2. The van der Waals surface area contributed by atoms with Crippen LogP contribution in [0.4, 0.5) is 0 Å². The van der Waals surface area contributed by atoms with E-state index in [1.165, 1.54) is 25.7 Å². The highest BCUT2D eigenvalue weighted by Gasteiger charge is 2.14. The third-order valence-corrected chi connectivity index (χ3v) is 4.85. The van der Waals surface area contributed by atoms with Gasteiger partial charge in [-0.2, -0.15) is 0 Å². The van der Waals surface area contributed by atoms with Crippen LogP contribution in [0.2, 0.25) is 0 Å². The number of aromatic nitrogens is 6. The van der Waals surface area contributed by atoms with E-state index in [1.807, 2.05) is 24.8 Å². The summed E-state index contributed by atoms with van der Waals surface area (Å²) < 4.78 is 0. The standard InChI is InChI=1S/C20H32N8/c1-2-3-4-5-12-27(15-18-21-6-7-22-18)13-14-28(16-19-23-8-9-24-19)17-20-25-10-11-26-20/h6-11H,2-5,12-17H2,1H3,(H,21,22)(H,23,24)(H,25,26). The molecule has 0 aromatic carbocycles. The molecule has 0 atom stereocenters. The smallest absolute Gasteiger partial charge is 0.120 e. The van der Waals surface area contributed by atoms with E-state index in [9.17, 15) is 0 Å². The molecule has 0 unspecified atom stereocenters. The maximum atomic E-state index is 4.41. The van der Waals surface area contributed by atoms with Crippen molar-refractivity contribution in [3.63, 3.8) is 0 Å². The van der Waals surface area contributed by atoms with Crippen molar-refractivity contribution in [2.45, 2.75) is 52.2 Å². The van der Waals surface area contributed by atoms with Crippen LogP contribution < -0.4 is 0 Å². The molecular formula is C20H32N8. The number of hydrogen-bond acceptors (Lipinski definition) is 5. The Kier molecular flexibility index (Phi) is 8.26. The van der Waals surface area contributed by atoms with Gasteiger partial charge >= 0.3 is 0 Å². The molecule has 0 bridgehead atoms. The first-order chi connectivity index (χ1) is 13.8. The Labute approximate surface area is 166 Å². The summed E-state index contributed by atoms with van der Waals surface area (Å²) in [5, 5.41) is 0. The van der Waals surface area contributed by atoms with Gasteiger partial charge in [-0.05, 0) is 13.0 Å². The summed E-state index contributed by atoms with van der Waals surface area (Å²) in [5.41, 5.74) is 0. The molecule has 0 aliphatic heterocycles. The topological polar surface area (TPSA) is 92.5 Å². The lowest BCUT2D eigenvalue weighted by molar-refractivity contribution is 0.178. The Balaban J connectivity index is 1.57. The Morgan fingerprint density at radius 2 is 1.14 bits per heavy atom. The summed E-state index contributed by atoms with van der Waals surface area (Å²) >= 11 is 0. The summed E-state index contributed by atoms with van der Waals surface area (Å²) in [5.74, 6) is 2.98. The number of unbranched alkanes of at least 4 members (excludes halogenated alkanes) is 3. The maximum Gasteiger partial charge on any atom is 0.120 e. The monoisotopic (exact) mass is 384 g/mol. The molecule has 0 aliphatic carbocycles. The summed E-state index contributed by atoms with van der Waals surface area (Å²) in [4.78, 5) is 27.7. The largest absolute Gasteiger partial charge is 0.348 e. The lowest BCUT2D eigenvalue weighted by Crippen LogP contribution is -2.35. The van der Waals surface area contributed by atoms with Gasteiger partial charge in [0.05, 0.1) is 19.6 Å². The first kappa shape index (κ1) is 20.3. The molecule has 3 aromatic rings. The molecule has 8 nitrogen and oxygen atoms in total. The number of rotatable bonds is 14. The van der Waals surface area contributed by atoms with Gasteiger partial charge in [0.15, 0.2) is 0 Å². The van der Waals surface area contributed by atoms with Crippen molar-refractivity contribution in [2.75, 3.05) is 19.6 Å². The van der Waals surface area contributed by atoms with Crippen molar-refractivity contribution in [3.8, 4) is 0 Å². The predicted octanol–water partition coefficient (Wildman–Crippen LogP) is 2.94. The quantitative estimate of drug-likeness (QED) is 0.372. The molecule has 0 saturated carbocycles. The van der Waals surface area contributed by atoms with Gasteiger partial charge < -0.3 is 15.0 Å². The minimum atomic E-state index is 0.776. The van der Waals surface area contributed by atoms with Gasteiger partial charge in [-0.15, -0.1) is 0 Å². The number of hydrogen-bond donors (Lipinski definition) is 3. The van der Waals surface area contributed by atoms with E-state index in [1.54, 1.807) is 12.4 Å². The van der Waals surface area contributed by atoms with Gasteiger partial charge in [0.2, 0.25) is 0 Å². The van der Waals surface area contributed by atoms with Gasteiger partial charge in [-0.1, -0.05) is 26.2 Å². The third kappa shape index (κ3) is 6.94. The molecular weight excluding hydrogens is 352 g/mol. The highest BCUT2D eigenvalue weighted by Crippen LogP contribution is 2.08. The minimum Gasteiger partial charge on any atom is -0.348 e. The summed E-state index contributed by atoms with van der Waals surface area (Å²) in [6.07, 6.45) is 16.1. The molecule has 0 aliphatic rings. The molecule has 28 heavy (non-hydrogen) atoms. The number of nitrogens with one attached hydrogen (secondary N) is 3. The van der Waals surface area contributed by atoms with Gasteiger partial charge in [0.1, 0.15) is 17.5 Å². The van der Waals surface area contributed by atoms with Crippen LogP contribution in [0.1, 0.15) is 50.1 Å². The van der Waals surface area contributed by atoms with Crippen LogP contribution in [0.15, 0.2) is 37.2 Å². The fourth-order valence-electron chi connectivity index (χ4n) is 3.32. The van der Waals surface area contributed by atoms with E-state index in [0.29, 0.717) is 0 Å². The highest BCUT2D eigenvalue weighted by atomic mass is 15.2. The van der Waals surface area contributed by atoms with E-state index in [-0.39, 0.29) is 0 Å². The fourth-order valence-corrected chi connectivity index (χ4v) is 3.32. The molecule has 3 heterocycles. The van der Waals surface area contributed by atoms with Crippen LogP contribution in [-0.4, -0.2) is 59.3 Å². The van der Waals surface area contributed by atoms with Crippen LogP contribution in [-0.2, 0) is 19.6 Å². The number of imidazole rings is 3. The summed E-state index contributed by atoms with van der Waals surface area (Å²) in [6, 6.07) is 0. The van der Waals surface area contributed by atoms with Crippen molar-refractivity contribution in [3.05, 3.63) is 54.7 Å². The van der Waals surface area contributed by atoms with E-state index in [2.05, 4.69) is 46.6 Å². The summed E-state index contributed by atoms with van der Waals surface area (Å²) in [6.45, 7) is 7.67. The Hall–Kier alpha value is -2.45. The Bertz CT molecular complexity index is 684. The zero-order valence-electron chi connectivity index (χ0n) is 16.8. The van der Waals surface area contributed by atoms with E-state index in [0.717, 1.165) is 56.7 Å². The molecule has 0 fully saturated rings. The van der Waals surface area contributed by atoms with Crippen LogP contribution in [0.25, 0.3) is 0 Å². The van der Waals surface area contributed by atoms with E-state index < -0.39 is 0 Å². The second-order valence-electron chi connectivity index (χ2n) is 7.16. The molecule has 0 spiro atoms. The molecule has 0 amide bonds. The molecule has 8 heteroatoms. The van der Waals surface area contributed by atoms with Crippen molar-refractivity contribution < 1.29 is 0 Å². The summed E-state index contributed by atoms with van der Waals surface area (Å²) in [7, 11) is 0. The van der Waals surface area contributed by atoms with Gasteiger partial charge in [-0.25, -0.2) is 15.0 Å². The molecule has 0 saturated heterocycles. The minimum absolute atomic E-state index is 0.776. The van der Waals surface area contributed by atoms with Crippen LogP contribution in [0.3, 0.4) is 0 Å². The number of H-pyrrole nitrogens is 3. The second-order valence-corrected chi connectivity index (χ2v) is 7.16. The van der Waals surface area contributed by atoms with Crippen molar-refractivity contribution in [1.82, 2.24) is 39.7 Å². The van der Waals surface area contributed by atoms with E-state index >= 15 is 0 Å². The molecule has 3 rings (SSSR count). The average Bonchev–Trinajstić information content (AvgIpc) is 3.46. The Morgan fingerprint density at radius 3 is 1.61 bits per heavy atom. The van der Waals surface area contributed by atoms with Crippen molar-refractivity contribution in [1.29, 1.82) is 0 Å². The van der Waals surface area contributed by atoms with Crippen molar-refractivity contribution >= 4 is 0 Å². The first-order valence-electron chi connectivity index (χ1n) is 10.2. The van der Waals surface area contributed by atoms with Crippen LogP contribution in [0.5, 0.6) is 0 Å². The molecule has 152 valence electrons. The number of aromatic amines is 3. The molecule has 3 N–H and O–H groups in total. The van der Waals surface area contributed by atoms with E-state index in [4.69, 9.17) is 0 Å². The average molecular weight is 385 g/mol. The van der Waals surface area contributed by atoms with Crippen LogP contribution >= 0.6 is 0 Å². The van der Waals surface area contributed by atoms with Gasteiger partial charge in [0.25, 0.3) is 0 Å². The lowest BCUT2D eigenvalue weighted by Gasteiger charge is -2.26. The van der Waals surface area contributed by atoms with Crippen molar-refractivity contribution in [2.24, 2.45) is 0 Å². The number of nitrogens with zero attached hydrogens (tertiary/aromatic N) is 5. The predicted molar refractivity (Wildman–Crippen MR) is 109 cm³/mol. The zero-order chi connectivity index (χ0) is 19.4. The van der Waals surface area contributed by atoms with Crippen LogP contribution in [0, 0.1) is 0 Å². The Morgan fingerprint density at radius 1 is 0.643 bits per heavy atom. The van der Waals surface area contributed by atoms with Gasteiger partial charge in [-0.3, -0.25) is 9.80 Å². The zero-order valence-corrected chi connectivity index (χ0v) is 16.8. The lowest BCUT2D eigenvalue weighted by atomic mass is 10.2.